The molecule has 3 aliphatic heterocycles. The average molecular weight is 552 g/mol. The second-order valence-electron chi connectivity index (χ2n) is 11.8. The Morgan fingerprint density at radius 3 is 2.73 bits per heavy atom. The van der Waals surface area contributed by atoms with Crippen molar-refractivity contribution in [3.63, 3.8) is 0 Å². The van der Waals surface area contributed by atoms with E-state index in [4.69, 9.17) is 4.74 Å². The lowest BCUT2D eigenvalue weighted by Gasteiger charge is -2.36. The minimum Gasteiger partial charge on any atom is -0.464 e. The number of rotatable bonds is 6. The molecule has 10 heteroatoms. The van der Waals surface area contributed by atoms with Crippen LogP contribution in [0.15, 0.2) is 60.8 Å². The number of nitrogens with zero attached hydrogens (tertiary/aromatic N) is 6. The van der Waals surface area contributed by atoms with Gasteiger partial charge in [0.1, 0.15) is 5.82 Å². The molecule has 3 unspecified atom stereocenters. The molecule has 8 rings (SSSR count). The molecule has 1 aliphatic carbocycles. The monoisotopic (exact) mass is 551 g/mol. The summed E-state index contributed by atoms with van der Waals surface area (Å²) in [5, 5.41) is 7.76. The molecule has 4 fully saturated rings. The number of nitrogens with one attached hydrogen (secondary N) is 1. The molecule has 4 atom stereocenters. The number of amides is 1. The molecule has 3 saturated heterocycles. The number of benzene rings is 1. The van der Waals surface area contributed by atoms with Crippen molar-refractivity contribution in [2.45, 2.75) is 44.2 Å². The fraction of sp³-hybridized carbons (Fsp3) is 0.387. The van der Waals surface area contributed by atoms with Crippen molar-refractivity contribution in [3.8, 4) is 0 Å². The molecule has 1 saturated carbocycles. The van der Waals surface area contributed by atoms with Gasteiger partial charge in [0.2, 0.25) is 5.82 Å². The molecule has 210 valence electrons. The highest BCUT2D eigenvalue weighted by atomic mass is 16.5. The predicted molar refractivity (Wildman–Crippen MR) is 154 cm³/mol. The number of methoxy groups -OCH3 is 1. The second-order valence-corrected chi connectivity index (χ2v) is 11.8. The van der Waals surface area contributed by atoms with Crippen molar-refractivity contribution in [2.75, 3.05) is 36.5 Å². The van der Waals surface area contributed by atoms with E-state index in [0.29, 0.717) is 11.6 Å². The van der Waals surface area contributed by atoms with Crippen LogP contribution >= 0.6 is 0 Å². The highest BCUT2D eigenvalue weighted by Gasteiger charge is 2.53. The molecule has 0 radical (unpaired) electrons. The highest BCUT2D eigenvalue weighted by molar-refractivity contribution is 5.91. The molecule has 1 amide bonds. The third kappa shape index (κ3) is 4.29. The Bertz CT molecular complexity index is 1650. The van der Waals surface area contributed by atoms with Gasteiger partial charge in [-0.15, -0.1) is 5.10 Å². The van der Waals surface area contributed by atoms with E-state index in [-0.39, 0.29) is 34.9 Å². The van der Waals surface area contributed by atoms with Gasteiger partial charge in [-0.3, -0.25) is 4.79 Å². The molecule has 3 aromatic heterocycles. The standard InChI is InChI=1S/C31H33N7O3/c1-19-14-22(36-13-12-31(2,18-36)21-8-5-4-6-9-21)17-38-28(19)34-27(35-38)29(39)33-26-20-15-24(26)37(16-20)25-11-7-10-23(32-25)30(40)41-3/h4-11,14,17,20,24,26H,12-13,15-16,18H2,1-3H3,(H,33,39)/t20?,24?,26?,31-/m0/s1. The predicted octanol–water partition coefficient (Wildman–Crippen LogP) is 3.39. The fourth-order valence-electron chi connectivity index (χ4n) is 6.77. The van der Waals surface area contributed by atoms with Crippen molar-refractivity contribution < 1.29 is 14.3 Å². The van der Waals surface area contributed by atoms with E-state index in [9.17, 15) is 9.59 Å². The lowest BCUT2D eigenvalue weighted by Crippen LogP contribution is -2.55. The van der Waals surface area contributed by atoms with Gasteiger partial charge in [0.05, 0.1) is 31.1 Å². The Labute approximate surface area is 238 Å². The number of aromatic nitrogens is 4. The van der Waals surface area contributed by atoms with Crippen LogP contribution in [0.2, 0.25) is 0 Å². The number of ether oxygens (including phenoxy) is 1. The lowest BCUT2D eigenvalue weighted by atomic mass is 9.80. The highest BCUT2D eigenvalue weighted by Crippen LogP contribution is 2.43. The number of aryl methyl sites for hydroxylation is 1. The number of hydrogen-bond acceptors (Lipinski definition) is 8. The number of fused-ring (bicyclic) bond motifs is 2. The average Bonchev–Trinajstić information content (AvgIpc) is 3.78. The van der Waals surface area contributed by atoms with Crippen molar-refractivity contribution >= 4 is 29.0 Å². The van der Waals surface area contributed by atoms with Gasteiger partial charge in [0.25, 0.3) is 5.91 Å². The molecule has 2 bridgehead atoms. The van der Waals surface area contributed by atoms with Crippen LogP contribution in [0.4, 0.5) is 11.5 Å². The van der Waals surface area contributed by atoms with Gasteiger partial charge in [0.15, 0.2) is 11.3 Å². The van der Waals surface area contributed by atoms with E-state index in [1.54, 1.807) is 16.6 Å². The summed E-state index contributed by atoms with van der Waals surface area (Å²) in [4.78, 5) is 38.9. The van der Waals surface area contributed by atoms with Crippen LogP contribution in [-0.4, -0.2) is 70.3 Å². The number of anilines is 2. The summed E-state index contributed by atoms with van der Waals surface area (Å²) in [6.45, 7) is 6.98. The maximum absolute atomic E-state index is 13.3. The van der Waals surface area contributed by atoms with Crippen molar-refractivity contribution in [3.05, 3.63) is 83.4 Å². The van der Waals surface area contributed by atoms with E-state index in [1.807, 2.05) is 19.2 Å². The molecule has 6 heterocycles. The SMILES string of the molecule is COC(=O)c1cccc(N2CC3CC2C3NC(=O)c2nc3c(C)cc(N4CC[C@](C)(c5ccccc5)C4)cn3n2)n1. The maximum Gasteiger partial charge on any atom is 0.356 e. The van der Waals surface area contributed by atoms with Gasteiger partial charge in [-0.25, -0.2) is 19.3 Å². The molecular weight excluding hydrogens is 518 g/mol. The number of carbonyl (C=O) groups excluding carboxylic acids is 2. The van der Waals surface area contributed by atoms with Gasteiger partial charge in [-0.2, -0.15) is 0 Å². The van der Waals surface area contributed by atoms with Crippen LogP contribution in [0, 0.1) is 12.8 Å². The minimum atomic E-state index is -0.463. The van der Waals surface area contributed by atoms with E-state index < -0.39 is 5.97 Å². The third-order valence-electron chi connectivity index (χ3n) is 9.13. The summed E-state index contributed by atoms with van der Waals surface area (Å²) in [6, 6.07) is 18.3. The smallest absolute Gasteiger partial charge is 0.356 e. The van der Waals surface area contributed by atoms with Crippen LogP contribution in [-0.2, 0) is 10.2 Å². The van der Waals surface area contributed by atoms with Gasteiger partial charge < -0.3 is 19.9 Å². The minimum absolute atomic E-state index is 0.0189. The van der Waals surface area contributed by atoms with Gasteiger partial charge >= 0.3 is 5.97 Å². The van der Waals surface area contributed by atoms with Gasteiger partial charge in [-0.1, -0.05) is 43.3 Å². The molecule has 4 aromatic rings. The molecule has 4 aliphatic rings. The molecular formula is C31H33N7O3. The third-order valence-corrected chi connectivity index (χ3v) is 9.13. The zero-order chi connectivity index (χ0) is 28.3. The lowest BCUT2D eigenvalue weighted by molar-refractivity contribution is 0.0594. The first-order chi connectivity index (χ1) is 19.8. The Balaban J connectivity index is 1.06. The van der Waals surface area contributed by atoms with E-state index in [2.05, 4.69) is 73.5 Å². The molecule has 1 N–H and O–H groups in total. The summed E-state index contributed by atoms with van der Waals surface area (Å²) in [5.74, 6) is 0.466. The largest absolute Gasteiger partial charge is 0.464 e. The Morgan fingerprint density at radius 1 is 1.10 bits per heavy atom. The maximum atomic E-state index is 13.3. The van der Waals surface area contributed by atoms with Crippen LogP contribution in [0.1, 0.15) is 52.0 Å². The number of pyridine rings is 2. The van der Waals surface area contributed by atoms with E-state index >= 15 is 0 Å². The Hall–Kier alpha value is -4.47. The quantitative estimate of drug-likeness (QED) is 0.364. The van der Waals surface area contributed by atoms with Gasteiger partial charge in [-0.05, 0) is 49.1 Å². The Morgan fingerprint density at radius 2 is 1.93 bits per heavy atom. The zero-order valence-electron chi connectivity index (χ0n) is 23.4. The molecule has 1 aromatic carbocycles. The van der Waals surface area contributed by atoms with E-state index in [0.717, 1.165) is 49.5 Å². The zero-order valence-corrected chi connectivity index (χ0v) is 23.4. The normalized spacial score (nSPS) is 24.9. The molecule has 0 spiro atoms. The Kier molecular flexibility index (Phi) is 5.95. The topological polar surface area (TPSA) is 105 Å². The summed E-state index contributed by atoms with van der Waals surface area (Å²) in [6.07, 6.45) is 4.02. The summed E-state index contributed by atoms with van der Waals surface area (Å²) in [7, 11) is 1.35. The van der Waals surface area contributed by atoms with Crippen molar-refractivity contribution in [1.29, 1.82) is 0 Å². The molecule has 41 heavy (non-hydrogen) atoms. The van der Waals surface area contributed by atoms with Crippen LogP contribution in [0.3, 0.4) is 0 Å². The van der Waals surface area contributed by atoms with Crippen LogP contribution in [0.25, 0.3) is 5.65 Å². The van der Waals surface area contributed by atoms with Crippen molar-refractivity contribution in [1.82, 2.24) is 24.9 Å². The van der Waals surface area contributed by atoms with E-state index in [1.165, 1.54) is 12.7 Å². The first-order valence-electron chi connectivity index (χ1n) is 14.1. The fourth-order valence-corrected chi connectivity index (χ4v) is 6.77. The number of esters is 1. The second kappa shape index (κ2) is 9.57. The van der Waals surface area contributed by atoms with Crippen LogP contribution < -0.4 is 15.1 Å². The first kappa shape index (κ1) is 25.5. The van der Waals surface area contributed by atoms with Crippen LogP contribution in [0.5, 0.6) is 0 Å². The summed E-state index contributed by atoms with van der Waals surface area (Å²) in [5.41, 5.74) is 4.47. The summed E-state index contributed by atoms with van der Waals surface area (Å²) >= 11 is 0. The van der Waals surface area contributed by atoms with Crippen molar-refractivity contribution in [2.24, 2.45) is 5.92 Å². The molecule has 10 nitrogen and oxygen atoms in total. The number of carbonyl (C=O) groups is 2. The first-order valence-corrected chi connectivity index (χ1v) is 14.1. The van der Waals surface area contributed by atoms with Gasteiger partial charge in [0, 0.05) is 31.0 Å². The number of hydrogen-bond donors (Lipinski definition) is 1. The summed E-state index contributed by atoms with van der Waals surface area (Å²) < 4.78 is 6.55.